The van der Waals surface area contributed by atoms with Gasteiger partial charge < -0.3 is 9.47 Å². The summed E-state index contributed by atoms with van der Waals surface area (Å²) in [6.45, 7) is 2.19. The van der Waals surface area contributed by atoms with Crippen LogP contribution >= 0.6 is 66.7 Å². The van der Waals surface area contributed by atoms with Crippen LogP contribution in [-0.4, -0.2) is 5.88 Å². The van der Waals surface area contributed by atoms with Crippen molar-refractivity contribution < 1.29 is 9.47 Å². The number of rotatable bonds is 11. The highest BCUT2D eigenvalue weighted by molar-refractivity contribution is 9.10. The molecule has 0 aliphatic carbocycles. The zero-order valence-electron chi connectivity index (χ0n) is 21.6. The molecule has 0 fully saturated rings. The molecule has 0 aliphatic rings. The molecule has 0 aromatic heterocycles. The van der Waals surface area contributed by atoms with Gasteiger partial charge in [0.15, 0.2) is 0 Å². The summed E-state index contributed by atoms with van der Waals surface area (Å²) < 4.78 is 14.2. The summed E-state index contributed by atoms with van der Waals surface area (Å²) in [5.41, 5.74) is 2.30. The summed E-state index contributed by atoms with van der Waals surface area (Å²) in [7, 11) is 0. The Labute approximate surface area is 263 Å². The Balaban J connectivity index is 0.000000216. The third-order valence-corrected chi connectivity index (χ3v) is 7.57. The predicted octanol–water partition coefficient (Wildman–Crippen LogP) is 12.3. The second kappa shape index (κ2) is 17.2. The molecule has 0 spiro atoms. The van der Waals surface area contributed by atoms with Gasteiger partial charge in [-0.1, -0.05) is 105 Å². The van der Waals surface area contributed by atoms with Crippen LogP contribution in [0.25, 0.3) is 0 Å². The maximum atomic E-state index is 6.12. The molecule has 2 nitrogen and oxygen atoms in total. The maximum Gasteiger partial charge on any atom is 0.125 e. The van der Waals surface area contributed by atoms with E-state index < -0.39 is 0 Å². The SMILES string of the molecule is CCCCC(Oc1cccc(Cl)c1)c1ccc(Br)cc1.ClCCC(Oc1cccc(Cl)c1)c1ccc(Br)cc1. The van der Waals surface area contributed by atoms with Crippen LogP contribution in [0.5, 0.6) is 11.5 Å². The first-order chi connectivity index (χ1) is 18.9. The number of halogens is 5. The van der Waals surface area contributed by atoms with Crippen LogP contribution in [0.1, 0.15) is 55.9 Å². The Kier molecular flexibility index (Phi) is 14.0. The minimum absolute atomic E-state index is 0.0657. The van der Waals surface area contributed by atoms with Crippen molar-refractivity contribution in [3.8, 4) is 11.5 Å². The summed E-state index contributed by atoms with van der Waals surface area (Å²) in [6.07, 6.45) is 4.05. The fourth-order valence-corrected chi connectivity index (χ4v) is 4.93. The molecule has 0 aliphatic heterocycles. The highest BCUT2D eigenvalue weighted by atomic mass is 79.9. The molecule has 0 saturated carbocycles. The van der Waals surface area contributed by atoms with E-state index in [-0.39, 0.29) is 12.2 Å². The molecule has 4 aromatic rings. The van der Waals surface area contributed by atoms with Gasteiger partial charge in [-0.3, -0.25) is 0 Å². The summed E-state index contributed by atoms with van der Waals surface area (Å²) in [5, 5.41) is 1.37. The minimum Gasteiger partial charge on any atom is -0.486 e. The van der Waals surface area contributed by atoms with E-state index in [0.29, 0.717) is 15.9 Å². The molecular weight excluding hydrogens is 683 g/mol. The zero-order valence-corrected chi connectivity index (χ0v) is 27.1. The van der Waals surface area contributed by atoms with Crippen molar-refractivity contribution in [2.24, 2.45) is 0 Å². The van der Waals surface area contributed by atoms with Crippen molar-refractivity contribution in [1.29, 1.82) is 0 Å². The summed E-state index contributed by atoms with van der Waals surface area (Å²) >= 11 is 24.7. The van der Waals surface area contributed by atoms with Crippen molar-refractivity contribution in [3.63, 3.8) is 0 Å². The number of benzene rings is 4. The van der Waals surface area contributed by atoms with Gasteiger partial charge in [0.05, 0.1) is 0 Å². The summed E-state index contributed by atoms with van der Waals surface area (Å²) in [5.74, 6) is 2.12. The third-order valence-electron chi connectivity index (χ3n) is 5.82. The average molecular weight is 714 g/mol. The molecule has 0 amide bonds. The first-order valence-corrected chi connectivity index (χ1v) is 15.7. The predicted molar refractivity (Wildman–Crippen MR) is 173 cm³/mol. The largest absolute Gasteiger partial charge is 0.486 e. The number of hydrogen-bond acceptors (Lipinski definition) is 2. The monoisotopic (exact) mass is 710 g/mol. The number of unbranched alkanes of at least 4 members (excludes halogenated alkanes) is 1. The van der Waals surface area contributed by atoms with Gasteiger partial charge in [0.2, 0.25) is 0 Å². The van der Waals surface area contributed by atoms with Gasteiger partial charge in [0, 0.05) is 31.3 Å². The van der Waals surface area contributed by atoms with Gasteiger partial charge in [-0.15, -0.1) is 11.6 Å². The first kappa shape index (κ1) is 31.8. The maximum absolute atomic E-state index is 6.12. The second-order valence-electron chi connectivity index (χ2n) is 8.85. The van der Waals surface area contributed by atoms with E-state index in [1.807, 2.05) is 72.8 Å². The molecule has 0 N–H and O–H groups in total. The topological polar surface area (TPSA) is 18.5 Å². The van der Waals surface area contributed by atoms with Gasteiger partial charge in [-0.25, -0.2) is 0 Å². The van der Waals surface area contributed by atoms with Crippen LogP contribution in [0.2, 0.25) is 10.0 Å². The standard InChI is InChI=1S/C17H18BrClO.C15H13BrCl2O/c1-2-3-7-17(13-8-10-14(18)11-9-13)20-16-6-4-5-15(19)12-16;16-12-6-4-11(5-7-12)15(8-9-17)19-14-3-1-2-13(18)10-14/h4-6,8-12,17H,2-3,7H2,1H3;1-7,10,15H,8-9H2. The molecule has 206 valence electrons. The Hall–Kier alpha value is -1.69. The average Bonchev–Trinajstić information content (AvgIpc) is 2.92. The van der Waals surface area contributed by atoms with Gasteiger partial charge >= 0.3 is 0 Å². The normalized spacial score (nSPS) is 12.2. The Morgan fingerprint density at radius 3 is 1.46 bits per heavy atom. The van der Waals surface area contributed by atoms with Crippen LogP contribution < -0.4 is 9.47 Å². The lowest BCUT2D eigenvalue weighted by Gasteiger charge is -2.20. The van der Waals surface area contributed by atoms with Crippen LogP contribution in [0.15, 0.2) is 106 Å². The second-order valence-corrected chi connectivity index (χ2v) is 11.9. The Morgan fingerprint density at radius 1 is 0.641 bits per heavy atom. The minimum atomic E-state index is -0.0657. The first-order valence-electron chi connectivity index (χ1n) is 12.8. The van der Waals surface area contributed by atoms with Crippen molar-refractivity contribution in [1.82, 2.24) is 0 Å². The number of ether oxygens (including phenoxy) is 2. The van der Waals surface area contributed by atoms with E-state index in [2.05, 4.69) is 63.0 Å². The molecule has 39 heavy (non-hydrogen) atoms. The Bertz CT molecular complexity index is 1270. The van der Waals surface area contributed by atoms with Crippen LogP contribution in [-0.2, 0) is 0 Å². The quantitative estimate of drug-likeness (QED) is 0.144. The van der Waals surface area contributed by atoms with E-state index in [1.165, 1.54) is 5.56 Å². The zero-order chi connectivity index (χ0) is 28.0. The van der Waals surface area contributed by atoms with Crippen LogP contribution in [0.3, 0.4) is 0 Å². The highest BCUT2D eigenvalue weighted by Crippen LogP contribution is 2.30. The van der Waals surface area contributed by atoms with E-state index in [1.54, 1.807) is 0 Å². The van der Waals surface area contributed by atoms with Crippen molar-refractivity contribution in [2.45, 2.75) is 44.8 Å². The fraction of sp³-hybridized carbons (Fsp3) is 0.250. The molecule has 0 heterocycles. The highest BCUT2D eigenvalue weighted by Gasteiger charge is 2.14. The number of alkyl halides is 1. The number of hydrogen-bond donors (Lipinski definition) is 0. The van der Waals surface area contributed by atoms with Crippen molar-refractivity contribution >= 4 is 66.7 Å². The lowest BCUT2D eigenvalue weighted by Crippen LogP contribution is -2.08. The van der Waals surface area contributed by atoms with Crippen LogP contribution in [0, 0.1) is 0 Å². The summed E-state index contributed by atoms with van der Waals surface area (Å²) in [6, 6.07) is 31.4. The van der Waals surface area contributed by atoms with Crippen molar-refractivity contribution in [2.75, 3.05) is 5.88 Å². The third kappa shape index (κ3) is 11.4. The molecule has 2 unspecified atom stereocenters. The smallest absolute Gasteiger partial charge is 0.125 e. The van der Waals surface area contributed by atoms with Gasteiger partial charge in [-0.05, 0) is 84.6 Å². The molecule has 7 heteroatoms. The molecule has 4 aromatic carbocycles. The van der Waals surface area contributed by atoms with Crippen LogP contribution in [0.4, 0.5) is 0 Å². The van der Waals surface area contributed by atoms with Gasteiger partial charge in [0.25, 0.3) is 0 Å². The molecule has 0 saturated heterocycles. The van der Waals surface area contributed by atoms with Crippen molar-refractivity contribution in [3.05, 3.63) is 127 Å². The molecule has 4 rings (SSSR count). The lowest BCUT2D eigenvalue weighted by molar-refractivity contribution is 0.191. The van der Waals surface area contributed by atoms with Gasteiger partial charge in [0.1, 0.15) is 23.7 Å². The van der Waals surface area contributed by atoms with E-state index in [9.17, 15) is 0 Å². The molecule has 2 atom stereocenters. The fourth-order valence-electron chi connectivity index (χ4n) is 3.84. The summed E-state index contributed by atoms with van der Waals surface area (Å²) in [4.78, 5) is 0. The molecular formula is C32H31Br2Cl3O2. The van der Waals surface area contributed by atoms with E-state index in [0.717, 1.165) is 51.7 Å². The van der Waals surface area contributed by atoms with E-state index >= 15 is 0 Å². The molecule has 0 radical (unpaired) electrons. The van der Waals surface area contributed by atoms with Gasteiger partial charge in [-0.2, -0.15) is 0 Å². The Morgan fingerprint density at radius 2 is 1.08 bits per heavy atom. The lowest BCUT2D eigenvalue weighted by atomic mass is 10.0. The molecule has 0 bridgehead atoms. The van der Waals surface area contributed by atoms with E-state index in [4.69, 9.17) is 44.3 Å².